The van der Waals surface area contributed by atoms with Gasteiger partial charge in [0, 0.05) is 17.9 Å². The molecule has 0 heterocycles. The molecule has 0 radical (unpaired) electrons. The molecule has 0 spiro atoms. The van der Waals surface area contributed by atoms with Crippen LogP contribution in [0.25, 0.3) is 0 Å². The number of nitrogens with two attached hydrogens (primary N) is 1. The topological polar surface area (TPSA) is 86.5 Å². The molecule has 19 heavy (non-hydrogen) atoms. The van der Waals surface area contributed by atoms with Crippen molar-refractivity contribution in [2.24, 2.45) is 0 Å². The van der Waals surface area contributed by atoms with E-state index < -0.39 is 15.8 Å². The first-order chi connectivity index (χ1) is 8.93. The standard InChI is InChI=1S/C13H19NO4S/c1-2-19(16,17)9-8-18-13(15)7-6-11-4-3-5-12(14)10-11/h3-5,10H,2,6-9,14H2,1H3. The van der Waals surface area contributed by atoms with E-state index in [4.69, 9.17) is 10.5 Å². The van der Waals surface area contributed by atoms with E-state index in [1.807, 2.05) is 12.1 Å². The zero-order valence-electron chi connectivity index (χ0n) is 11.0. The van der Waals surface area contributed by atoms with Crippen LogP contribution in [0.4, 0.5) is 5.69 Å². The van der Waals surface area contributed by atoms with Crippen molar-refractivity contribution in [2.75, 3.05) is 23.8 Å². The number of nitrogen functional groups attached to an aromatic ring is 1. The monoisotopic (exact) mass is 285 g/mol. The molecule has 0 atom stereocenters. The van der Waals surface area contributed by atoms with Crippen LogP contribution in [0.1, 0.15) is 18.9 Å². The first-order valence-electron chi connectivity index (χ1n) is 6.13. The van der Waals surface area contributed by atoms with Gasteiger partial charge in [0.05, 0.1) is 5.75 Å². The maximum absolute atomic E-state index is 11.4. The number of hydrogen-bond acceptors (Lipinski definition) is 5. The fourth-order valence-electron chi connectivity index (χ4n) is 1.49. The predicted octanol–water partition coefficient (Wildman–Crippen LogP) is 1.18. The van der Waals surface area contributed by atoms with Gasteiger partial charge in [-0.05, 0) is 24.1 Å². The minimum absolute atomic E-state index is 0.0633. The zero-order chi connectivity index (χ0) is 14.3. The molecule has 1 rings (SSSR count). The van der Waals surface area contributed by atoms with Crippen molar-refractivity contribution in [1.29, 1.82) is 0 Å². The van der Waals surface area contributed by atoms with Gasteiger partial charge in [-0.25, -0.2) is 8.42 Å². The number of anilines is 1. The molecule has 106 valence electrons. The lowest BCUT2D eigenvalue weighted by Gasteiger charge is -2.05. The highest BCUT2D eigenvalue weighted by atomic mass is 32.2. The fraction of sp³-hybridized carbons (Fsp3) is 0.462. The molecular formula is C13H19NO4S. The van der Waals surface area contributed by atoms with Gasteiger partial charge < -0.3 is 10.5 Å². The molecule has 0 unspecified atom stereocenters. The summed E-state index contributed by atoms with van der Waals surface area (Å²) in [7, 11) is -3.08. The van der Waals surface area contributed by atoms with Crippen molar-refractivity contribution >= 4 is 21.5 Å². The number of aryl methyl sites for hydroxylation is 1. The molecule has 0 saturated carbocycles. The normalized spacial score (nSPS) is 11.2. The molecular weight excluding hydrogens is 266 g/mol. The summed E-state index contributed by atoms with van der Waals surface area (Å²) < 4.78 is 27.3. The Balaban J connectivity index is 2.29. The van der Waals surface area contributed by atoms with Gasteiger partial charge in [0.25, 0.3) is 0 Å². The summed E-state index contributed by atoms with van der Waals surface area (Å²) in [6.07, 6.45) is 0.750. The number of rotatable bonds is 7. The average molecular weight is 285 g/mol. The van der Waals surface area contributed by atoms with Crippen molar-refractivity contribution in [2.45, 2.75) is 19.8 Å². The van der Waals surface area contributed by atoms with E-state index in [0.717, 1.165) is 5.56 Å². The van der Waals surface area contributed by atoms with Gasteiger partial charge in [-0.15, -0.1) is 0 Å². The van der Waals surface area contributed by atoms with Gasteiger partial charge in [0.15, 0.2) is 9.84 Å². The van der Waals surface area contributed by atoms with E-state index in [0.29, 0.717) is 12.1 Å². The van der Waals surface area contributed by atoms with Gasteiger partial charge in [0.2, 0.25) is 0 Å². The molecule has 0 fully saturated rings. The minimum Gasteiger partial charge on any atom is -0.465 e. The molecule has 0 aliphatic rings. The quantitative estimate of drug-likeness (QED) is 0.600. The fourth-order valence-corrected chi connectivity index (χ4v) is 2.12. The van der Waals surface area contributed by atoms with Crippen LogP contribution in [-0.4, -0.2) is 32.5 Å². The number of hydrogen-bond donors (Lipinski definition) is 1. The Labute approximate surface area is 113 Å². The first kappa shape index (κ1) is 15.5. The third-order valence-corrected chi connectivity index (χ3v) is 4.33. The Morgan fingerprint density at radius 2 is 2.11 bits per heavy atom. The Morgan fingerprint density at radius 3 is 2.74 bits per heavy atom. The lowest BCUT2D eigenvalue weighted by Crippen LogP contribution is -2.17. The smallest absolute Gasteiger partial charge is 0.306 e. The molecule has 0 saturated heterocycles. The van der Waals surface area contributed by atoms with E-state index in [1.54, 1.807) is 19.1 Å². The molecule has 0 aromatic heterocycles. The van der Waals surface area contributed by atoms with Crippen LogP contribution in [-0.2, 0) is 25.8 Å². The second-order valence-corrected chi connectivity index (χ2v) is 6.67. The SMILES string of the molecule is CCS(=O)(=O)CCOC(=O)CCc1cccc(N)c1. The summed E-state index contributed by atoms with van der Waals surface area (Å²) in [4.78, 5) is 11.4. The van der Waals surface area contributed by atoms with Crippen molar-refractivity contribution in [3.8, 4) is 0 Å². The Bertz CT molecular complexity index is 525. The molecule has 1 aromatic rings. The van der Waals surface area contributed by atoms with Crippen LogP contribution in [0, 0.1) is 0 Å². The number of ether oxygens (including phenoxy) is 1. The van der Waals surface area contributed by atoms with Crippen LogP contribution in [0.5, 0.6) is 0 Å². The zero-order valence-corrected chi connectivity index (χ0v) is 11.8. The number of benzene rings is 1. The highest BCUT2D eigenvalue weighted by Crippen LogP contribution is 2.09. The molecule has 5 nitrogen and oxygen atoms in total. The van der Waals surface area contributed by atoms with Gasteiger partial charge in [0.1, 0.15) is 6.61 Å². The predicted molar refractivity (Wildman–Crippen MR) is 74.5 cm³/mol. The molecule has 0 aliphatic heterocycles. The maximum atomic E-state index is 11.4. The van der Waals surface area contributed by atoms with Gasteiger partial charge in [-0.1, -0.05) is 19.1 Å². The van der Waals surface area contributed by atoms with Crippen LogP contribution in [0.2, 0.25) is 0 Å². The van der Waals surface area contributed by atoms with Crippen molar-refractivity contribution in [3.05, 3.63) is 29.8 Å². The minimum atomic E-state index is -3.08. The Kier molecular flexibility index (Phi) is 5.82. The van der Waals surface area contributed by atoms with E-state index in [-0.39, 0.29) is 24.5 Å². The van der Waals surface area contributed by atoms with E-state index in [1.165, 1.54) is 0 Å². The summed E-state index contributed by atoms with van der Waals surface area (Å²) in [5.74, 6) is -0.449. The summed E-state index contributed by atoms with van der Waals surface area (Å²) in [5, 5.41) is 0. The Morgan fingerprint density at radius 1 is 1.37 bits per heavy atom. The highest BCUT2D eigenvalue weighted by Gasteiger charge is 2.09. The molecule has 2 N–H and O–H groups in total. The van der Waals surface area contributed by atoms with E-state index in [2.05, 4.69) is 0 Å². The van der Waals surface area contributed by atoms with Gasteiger partial charge >= 0.3 is 5.97 Å². The van der Waals surface area contributed by atoms with E-state index in [9.17, 15) is 13.2 Å². The van der Waals surface area contributed by atoms with Crippen molar-refractivity contribution < 1.29 is 17.9 Å². The molecule has 1 aromatic carbocycles. The van der Waals surface area contributed by atoms with Crippen LogP contribution in [0.3, 0.4) is 0 Å². The summed E-state index contributed by atoms with van der Waals surface area (Å²) in [5.41, 5.74) is 7.23. The third kappa shape index (κ3) is 6.24. The van der Waals surface area contributed by atoms with Crippen molar-refractivity contribution in [1.82, 2.24) is 0 Å². The highest BCUT2D eigenvalue weighted by molar-refractivity contribution is 7.91. The van der Waals surface area contributed by atoms with Gasteiger partial charge in [-0.3, -0.25) is 4.79 Å². The largest absolute Gasteiger partial charge is 0.465 e. The molecule has 6 heteroatoms. The third-order valence-electron chi connectivity index (χ3n) is 2.67. The number of carbonyl (C=O) groups is 1. The lowest BCUT2D eigenvalue weighted by molar-refractivity contribution is -0.142. The van der Waals surface area contributed by atoms with Crippen LogP contribution >= 0.6 is 0 Å². The average Bonchev–Trinajstić information content (AvgIpc) is 2.36. The summed E-state index contributed by atoms with van der Waals surface area (Å²) in [6, 6.07) is 7.28. The molecule has 0 amide bonds. The molecule has 0 bridgehead atoms. The molecule has 0 aliphatic carbocycles. The number of sulfone groups is 1. The van der Waals surface area contributed by atoms with Crippen molar-refractivity contribution in [3.63, 3.8) is 0 Å². The van der Waals surface area contributed by atoms with Crippen LogP contribution < -0.4 is 5.73 Å². The second kappa shape index (κ2) is 7.13. The van der Waals surface area contributed by atoms with Crippen LogP contribution in [0.15, 0.2) is 24.3 Å². The summed E-state index contributed by atoms with van der Waals surface area (Å²) in [6.45, 7) is 1.49. The second-order valence-electron chi connectivity index (χ2n) is 4.20. The summed E-state index contributed by atoms with van der Waals surface area (Å²) >= 11 is 0. The Hall–Kier alpha value is -1.56. The lowest BCUT2D eigenvalue weighted by atomic mass is 10.1. The van der Waals surface area contributed by atoms with E-state index >= 15 is 0 Å². The number of esters is 1. The van der Waals surface area contributed by atoms with Gasteiger partial charge in [-0.2, -0.15) is 0 Å². The first-order valence-corrected chi connectivity index (χ1v) is 7.95. The number of carbonyl (C=O) groups excluding carboxylic acids is 1. The maximum Gasteiger partial charge on any atom is 0.306 e.